The van der Waals surface area contributed by atoms with Gasteiger partial charge in [0, 0.05) is 12.1 Å². The van der Waals surface area contributed by atoms with Crippen LogP contribution in [0.25, 0.3) is 0 Å². The van der Waals surface area contributed by atoms with E-state index in [0.717, 1.165) is 24.9 Å². The molecule has 0 bridgehead atoms. The molecule has 2 unspecified atom stereocenters. The first-order valence-corrected chi connectivity index (χ1v) is 6.07. The predicted octanol–water partition coefficient (Wildman–Crippen LogP) is 3.31. The standard InChI is InChI=1S/C13H16ClNO/c14-13(16)8-9-5-6-10(7-9)11-3-1-2-4-12(11)15/h1-4,9-10H,5-8,15H2. The van der Waals surface area contributed by atoms with E-state index >= 15 is 0 Å². The first-order chi connectivity index (χ1) is 7.66. The second-order valence-corrected chi connectivity index (χ2v) is 4.99. The van der Waals surface area contributed by atoms with Gasteiger partial charge in [0.1, 0.15) is 0 Å². The molecule has 1 aliphatic carbocycles. The number of nitrogens with two attached hydrogens (primary N) is 1. The Hall–Kier alpha value is -1.02. The zero-order valence-electron chi connectivity index (χ0n) is 9.16. The maximum absolute atomic E-state index is 10.9. The molecule has 1 aromatic carbocycles. The molecule has 1 aliphatic rings. The second kappa shape index (κ2) is 4.88. The van der Waals surface area contributed by atoms with E-state index in [-0.39, 0.29) is 5.24 Å². The average Bonchev–Trinajstić information content (AvgIpc) is 2.66. The maximum Gasteiger partial charge on any atom is 0.221 e. The minimum atomic E-state index is -0.216. The highest BCUT2D eigenvalue weighted by Gasteiger charge is 2.27. The SMILES string of the molecule is Nc1ccccc1C1CCC(CC(=O)Cl)C1. The first-order valence-electron chi connectivity index (χ1n) is 5.69. The molecule has 0 spiro atoms. The fourth-order valence-corrected chi connectivity index (χ4v) is 2.87. The summed E-state index contributed by atoms with van der Waals surface area (Å²) in [7, 11) is 0. The second-order valence-electron chi connectivity index (χ2n) is 4.56. The number of rotatable bonds is 3. The highest BCUT2D eigenvalue weighted by molar-refractivity contribution is 6.63. The minimum Gasteiger partial charge on any atom is -0.398 e. The zero-order valence-corrected chi connectivity index (χ0v) is 9.91. The summed E-state index contributed by atoms with van der Waals surface area (Å²) in [5.41, 5.74) is 8.05. The summed E-state index contributed by atoms with van der Waals surface area (Å²) in [5, 5.41) is -0.216. The molecule has 1 fully saturated rings. The summed E-state index contributed by atoms with van der Waals surface area (Å²) in [6, 6.07) is 8.00. The van der Waals surface area contributed by atoms with Crippen LogP contribution in [0.1, 0.15) is 37.2 Å². The lowest BCUT2D eigenvalue weighted by molar-refractivity contribution is -0.112. The smallest absolute Gasteiger partial charge is 0.221 e. The van der Waals surface area contributed by atoms with Gasteiger partial charge in [-0.05, 0) is 54.3 Å². The monoisotopic (exact) mass is 237 g/mol. The van der Waals surface area contributed by atoms with E-state index in [1.54, 1.807) is 0 Å². The molecule has 0 amide bonds. The Kier molecular flexibility index (Phi) is 3.49. The fourth-order valence-electron chi connectivity index (χ4n) is 2.65. The van der Waals surface area contributed by atoms with E-state index in [9.17, 15) is 4.79 Å². The third-order valence-electron chi connectivity index (χ3n) is 3.43. The molecule has 3 heteroatoms. The van der Waals surface area contributed by atoms with Gasteiger partial charge < -0.3 is 5.73 Å². The van der Waals surface area contributed by atoms with Crippen molar-refractivity contribution in [1.29, 1.82) is 0 Å². The zero-order chi connectivity index (χ0) is 11.5. The van der Waals surface area contributed by atoms with Gasteiger partial charge in [-0.3, -0.25) is 4.79 Å². The average molecular weight is 238 g/mol. The Morgan fingerprint density at radius 1 is 1.38 bits per heavy atom. The largest absolute Gasteiger partial charge is 0.398 e. The third kappa shape index (κ3) is 2.56. The highest BCUT2D eigenvalue weighted by Crippen LogP contribution is 2.41. The molecule has 2 rings (SSSR count). The van der Waals surface area contributed by atoms with Crippen molar-refractivity contribution < 1.29 is 4.79 Å². The van der Waals surface area contributed by atoms with Gasteiger partial charge in [0.15, 0.2) is 0 Å². The van der Waals surface area contributed by atoms with Crippen molar-refractivity contribution in [3.63, 3.8) is 0 Å². The van der Waals surface area contributed by atoms with E-state index in [1.165, 1.54) is 5.56 Å². The number of hydrogen-bond acceptors (Lipinski definition) is 2. The van der Waals surface area contributed by atoms with Crippen molar-refractivity contribution in [2.45, 2.75) is 31.6 Å². The quantitative estimate of drug-likeness (QED) is 0.648. The summed E-state index contributed by atoms with van der Waals surface area (Å²) in [6.45, 7) is 0. The van der Waals surface area contributed by atoms with Crippen molar-refractivity contribution in [3.8, 4) is 0 Å². The number of nitrogen functional groups attached to an aromatic ring is 1. The van der Waals surface area contributed by atoms with Gasteiger partial charge in [-0.2, -0.15) is 0 Å². The number of anilines is 1. The van der Waals surface area contributed by atoms with Gasteiger partial charge in [0.25, 0.3) is 0 Å². The van der Waals surface area contributed by atoms with Crippen LogP contribution in [0.15, 0.2) is 24.3 Å². The predicted molar refractivity (Wildman–Crippen MR) is 66.4 cm³/mol. The van der Waals surface area contributed by atoms with Crippen molar-refractivity contribution in [1.82, 2.24) is 0 Å². The van der Waals surface area contributed by atoms with E-state index in [0.29, 0.717) is 18.3 Å². The number of hydrogen-bond donors (Lipinski definition) is 1. The number of para-hydroxylation sites is 1. The van der Waals surface area contributed by atoms with Crippen LogP contribution in [0.2, 0.25) is 0 Å². The molecule has 0 heterocycles. The molecule has 2 N–H and O–H groups in total. The van der Waals surface area contributed by atoms with Crippen LogP contribution in [0, 0.1) is 5.92 Å². The van der Waals surface area contributed by atoms with Gasteiger partial charge >= 0.3 is 0 Å². The van der Waals surface area contributed by atoms with Crippen LogP contribution in [0.5, 0.6) is 0 Å². The van der Waals surface area contributed by atoms with E-state index < -0.39 is 0 Å². The van der Waals surface area contributed by atoms with Crippen LogP contribution >= 0.6 is 11.6 Å². The Bertz CT molecular complexity index is 391. The Labute approximate surface area is 101 Å². The lowest BCUT2D eigenvalue weighted by Crippen LogP contribution is -2.02. The van der Waals surface area contributed by atoms with Crippen LogP contribution in [-0.2, 0) is 4.79 Å². The highest BCUT2D eigenvalue weighted by atomic mass is 35.5. The normalized spacial score (nSPS) is 24.6. The summed E-state index contributed by atoms with van der Waals surface area (Å²) < 4.78 is 0. The summed E-state index contributed by atoms with van der Waals surface area (Å²) in [5.74, 6) is 0.942. The molecular formula is C13H16ClNO. The molecule has 2 nitrogen and oxygen atoms in total. The number of carbonyl (C=O) groups excluding carboxylic acids is 1. The van der Waals surface area contributed by atoms with E-state index in [2.05, 4.69) is 6.07 Å². The lowest BCUT2D eigenvalue weighted by Gasteiger charge is -2.13. The summed E-state index contributed by atoms with van der Waals surface area (Å²) >= 11 is 5.42. The Morgan fingerprint density at radius 2 is 2.12 bits per heavy atom. The van der Waals surface area contributed by atoms with Crippen LogP contribution in [0.4, 0.5) is 5.69 Å². The van der Waals surface area contributed by atoms with Gasteiger partial charge in [-0.25, -0.2) is 0 Å². The van der Waals surface area contributed by atoms with Crippen molar-refractivity contribution in [3.05, 3.63) is 29.8 Å². The van der Waals surface area contributed by atoms with Crippen molar-refractivity contribution in [2.24, 2.45) is 5.92 Å². The molecule has 0 aromatic heterocycles. The maximum atomic E-state index is 10.9. The number of halogens is 1. The first kappa shape index (κ1) is 11.5. The minimum absolute atomic E-state index is 0.216. The molecule has 16 heavy (non-hydrogen) atoms. The van der Waals surface area contributed by atoms with Crippen LogP contribution in [0.3, 0.4) is 0 Å². The van der Waals surface area contributed by atoms with E-state index in [4.69, 9.17) is 17.3 Å². The molecular weight excluding hydrogens is 222 g/mol. The van der Waals surface area contributed by atoms with Gasteiger partial charge in [0.2, 0.25) is 5.24 Å². The number of carbonyl (C=O) groups is 1. The van der Waals surface area contributed by atoms with E-state index in [1.807, 2.05) is 18.2 Å². The van der Waals surface area contributed by atoms with Crippen molar-refractivity contribution >= 4 is 22.5 Å². The molecule has 0 radical (unpaired) electrons. The van der Waals surface area contributed by atoms with Gasteiger partial charge in [-0.15, -0.1) is 0 Å². The van der Waals surface area contributed by atoms with Gasteiger partial charge in [0.05, 0.1) is 0 Å². The molecule has 1 aromatic rings. The summed E-state index contributed by atoms with van der Waals surface area (Å²) in [6.07, 6.45) is 3.73. The fraction of sp³-hybridized carbons (Fsp3) is 0.462. The molecule has 2 atom stereocenters. The number of benzene rings is 1. The molecule has 0 saturated heterocycles. The molecule has 86 valence electrons. The third-order valence-corrected chi connectivity index (χ3v) is 3.58. The van der Waals surface area contributed by atoms with Crippen LogP contribution in [-0.4, -0.2) is 5.24 Å². The van der Waals surface area contributed by atoms with Gasteiger partial charge in [-0.1, -0.05) is 18.2 Å². The molecule has 0 aliphatic heterocycles. The topological polar surface area (TPSA) is 43.1 Å². The Morgan fingerprint density at radius 3 is 2.81 bits per heavy atom. The van der Waals surface area contributed by atoms with Crippen LogP contribution < -0.4 is 5.73 Å². The Balaban J connectivity index is 2.04. The molecule has 1 saturated carbocycles. The van der Waals surface area contributed by atoms with Crippen molar-refractivity contribution in [2.75, 3.05) is 5.73 Å². The lowest BCUT2D eigenvalue weighted by atomic mass is 9.94. The summed E-state index contributed by atoms with van der Waals surface area (Å²) in [4.78, 5) is 10.9.